The molecule has 0 saturated carbocycles. The van der Waals surface area contributed by atoms with Gasteiger partial charge in [-0.2, -0.15) is 0 Å². The molecule has 200 valence electrons. The van der Waals surface area contributed by atoms with Crippen LogP contribution in [0.15, 0.2) is 24.3 Å². The molecular formula is C23H35N5O8. The second kappa shape index (κ2) is 14.0. The number of phenols is 1. The van der Waals surface area contributed by atoms with Crippen molar-refractivity contribution in [2.24, 2.45) is 17.4 Å². The van der Waals surface area contributed by atoms with E-state index in [2.05, 4.69) is 16.0 Å². The second-order valence-electron chi connectivity index (χ2n) is 8.84. The summed E-state index contributed by atoms with van der Waals surface area (Å²) in [4.78, 5) is 60.9. The molecule has 0 aliphatic rings. The van der Waals surface area contributed by atoms with E-state index in [1.165, 1.54) is 19.1 Å². The van der Waals surface area contributed by atoms with Gasteiger partial charge in [-0.05, 0) is 43.4 Å². The first-order chi connectivity index (χ1) is 16.7. The number of benzene rings is 1. The minimum atomic E-state index is -1.54. The third kappa shape index (κ3) is 9.88. The number of aliphatic hydroxyl groups excluding tert-OH is 1. The van der Waals surface area contributed by atoms with Gasteiger partial charge in [0.05, 0.1) is 12.1 Å². The molecule has 1 aromatic carbocycles. The van der Waals surface area contributed by atoms with E-state index in [4.69, 9.17) is 11.5 Å². The molecule has 1 rings (SSSR count). The van der Waals surface area contributed by atoms with Gasteiger partial charge in [-0.25, -0.2) is 4.79 Å². The van der Waals surface area contributed by atoms with Gasteiger partial charge in [0.1, 0.15) is 23.9 Å². The highest BCUT2D eigenvalue weighted by Crippen LogP contribution is 2.11. The molecule has 13 heteroatoms. The zero-order valence-corrected chi connectivity index (χ0v) is 20.4. The van der Waals surface area contributed by atoms with E-state index in [0.717, 1.165) is 0 Å². The van der Waals surface area contributed by atoms with Crippen molar-refractivity contribution in [3.63, 3.8) is 0 Å². The number of aliphatic carboxylic acids is 1. The predicted octanol–water partition coefficient (Wildman–Crippen LogP) is -1.90. The maximum Gasteiger partial charge on any atom is 0.326 e. The lowest BCUT2D eigenvalue weighted by Gasteiger charge is -2.27. The Bertz CT molecular complexity index is 935. The normalized spacial score (nSPS) is 15.2. The Balaban J connectivity index is 2.97. The molecule has 13 nitrogen and oxygen atoms in total. The largest absolute Gasteiger partial charge is 0.508 e. The summed E-state index contributed by atoms with van der Waals surface area (Å²) >= 11 is 0. The second-order valence-corrected chi connectivity index (χ2v) is 8.84. The van der Waals surface area contributed by atoms with Gasteiger partial charge in [-0.3, -0.25) is 19.2 Å². The van der Waals surface area contributed by atoms with Crippen LogP contribution in [0.25, 0.3) is 0 Å². The Morgan fingerprint density at radius 2 is 1.44 bits per heavy atom. The van der Waals surface area contributed by atoms with Gasteiger partial charge < -0.3 is 42.7 Å². The monoisotopic (exact) mass is 509 g/mol. The topological polar surface area (TPSA) is 234 Å². The summed E-state index contributed by atoms with van der Waals surface area (Å²) < 4.78 is 0. The van der Waals surface area contributed by atoms with E-state index < -0.39 is 65.8 Å². The summed E-state index contributed by atoms with van der Waals surface area (Å²) in [6.45, 7) is 4.37. The van der Waals surface area contributed by atoms with E-state index in [0.29, 0.717) is 5.56 Å². The minimum Gasteiger partial charge on any atom is -0.508 e. The van der Waals surface area contributed by atoms with Crippen molar-refractivity contribution in [2.75, 3.05) is 0 Å². The fraction of sp³-hybridized carbons (Fsp3) is 0.522. The van der Waals surface area contributed by atoms with Crippen LogP contribution in [0.5, 0.6) is 5.75 Å². The van der Waals surface area contributed by atoms with Crippen LogP contribution in [0.2, 0.25) is 0 Å². The van der Waals surface area contributed by atoms with Crippen LogP contribution in [0.3, 0.4) is 0 Å². The number of aromatic hydroxyl groups is 1. The molecule has 0 bridgehead atoms. The first-order valence-electron chi connectivity index (χ1n) is 11.4. The van der Waals surface area contributed by atoms with Crippen LogP contribution in [0.4, 0.5) is 0 Å². The first-order valence-corrected chi connectivity index (χ1v) is 11.4. The zero-order valence-electron chi connectivity index (χ0n) is 20.4. The lowest BCUT2D eigenvalue weighted by atomic mass is 10.0. The molecule has 0 spiro atoms. The van der Waals surface area contributed by atoms with Crippen molar-refractivity contribution in [1.29, 1.82) is 0 Å². The summed E-state index contributed by atoms with van der Waals surface area (Å²) in [7, 11) is 0. The molecule has 0 radical (unpaired) electrons. The summed E-state index contributed by atoms with van der Waals surface area (Å²) in [6, 6.07) is 0.787. The SMILES string of the molecule is CC(C)C(NC(=O)C(NC(=O)C(CCC(N)=O)NC(=O)C(N)Cc1ccc(O)cc1)C(C)O)C(=O)O. The van der Waals surface area contributed by atoms with E-state index >= 15 is 0 Å². The lowest BCUT2D eigenvalue weighted by Crippen LogP contribution is -2.60. The van der Waals surface area contributed by atoms with Crippen molar-refractivity contribution in [1.82, 2.24) is 16.0 Å². The smallest absolute Gasteiger partial charge is 0.326 e. The quantitative estimate of drug-likeness (QED) is 0.140. The average Bonchev–Trinajstić information content (AvgIpc) is 2.78. The molecule has 0 aliphatic heterocycles. The average molecular weight is 510 g/mol. The number of primary amides is 1. The highest BCUT2D eigenvalue weighted by Gasteiger charge is 2.33. The fourth-order valence-electron chi connectivity index (χ4n) is 3.23. The molecule has 10 N–H and O–H groups in total. The predicted molar refractivity (Wildman–Crippen MR) is 128 cm³/mol. The van der Waals surface area contributed by atoms with Gasteiger partial charge >= 0.3 is 5.97 Å². The van der Waals surface area contributed by atoms with Gasteiger partial charge in [-0.15, -0.1) is 0 Å². The maximum atomic E-state index is 12.9. The number of carbonyl (C=O) groups is 5. The Morgan fingerprint density at radius 1 is 0.889 bits per heavy atom. The Hall–Kier alpha value is -3.71. The van der Waals surface area contributed by atoms with Crippen molar-refractivity contribution < 1.29 is 39.3 Å². The van der Waals surface area contributed by atoms with Crippen LogP contribution >= 0.6 is 0 Å². The van der Waals surface area contributed by atoms with Crippen molar-refractivity contribution >= 4 is 29.6 Å². The zero-order chi connectivity index (χ0) is 27.6. The van der Waals surface area contributed by atoms with E-state index in [1.807, 2.05) is 0 Å². The molecule has 0 aromatic heterocycles. The van der Waals surface area contributed by atoms with Crippen LogP contribution in [-0.4, -0.2) is 75.2 Å². The number of phenolic OH excluding ortho intramolecular Hbond substituents is 1. The third-order valence-corrected chi connectivity index (χ3v) is 5.33. The first kappa shape index (κ1) is 30.3. The van der Waals surface area contributed by atoms with Crippen molar-refractivity contribution in [3.05, 3.63) is 29.8 Å². The van der Waals surface area contributed by atoms with E-state index in [1.54, 1.807) is 26.0 Å². The molecule has 0 saturated heterocycles. The van der Waals surface area contributed by atoms with Gasteiger partial charge in [0.2, 0.25) is 23.6 Å². The summed E-state index contributed by atoms with van der Waals surface area (Å²) in [5, 5.41) is 35.7. The minimum absolute atomic E-state index is 0.0414. The van der Waals surface area contributed by atoms with Crippen LogP contribution in [0, 0.1) is 5.92 Å². The van der Waals surface area contributed by atoms with Crippen LogP contribution in [0.1, 0.15) is 39.2 Å². The number of carboxylic acid groups (broad SMARTS) is 1. The Morgan fingerprint density at radius 3 is 1.92 bits per heavy atom. The number of hydrogen-bond acceptors (Lipinski definition) is 8. The van der Waals surface area contributed by atoms with Gasteiger partial charge in [0.25, 0.3) is 0 Å². The standard InChI is InChI=1S/C23H35N5O8/c1-11(2)18(23(35)36)27-22(34)19(12(3)29)28-21(33)16(8-9-17(25)31)26-20(32)15(24)10-13-4-6-14(30)7-5-13/h4-7,11-12,15-16,18-19,29-30H,8-10,24H2,1-3H3,(H2,25,31)(H,26,32)(H,27,34)(H,28,33)(H,35,36). The van der Waals surface area contributed by atoms with Crippen LogP contribution < -0.4 is 27.4 Å². The van der Waals surface area contributed by atoms with Gasteiger partial charge in [0, 0.05) is 6.42 Å². The highest BCUT2D eigenvalue weighted by atomic mass is 16.4. The van der Waals surface area contributed by atoms with Crippen molar-refractivity contribution in [2.45, 2.75) is 70.3 Å². The molecule has 0 heterocycles. The Kier molecular flexibility index (Phi) is 11.8. The third-order valence-electron chi connectivity index (χ3n) is 5.33. The van der Waals surface area contributed by atoms with Crippen molar-refractivity contribution in [3.8, 4) is 5.75 Å². The number of carboxylic acids is 1. The summed E-state index contributed by atoms with van der Waals surface area (Å²) in [5.41, 5.74) is 11.8. The number of carbonyl (C=O) groups excluding carboxylic acids is 4. The Labute approximate surface area is 208 Å². The molecule has 0 fully saturated rings. The van der Waals surface area contributed by atoms with Crippen LogP contribution in [-0.2, 0) is 30.4 Å². The number of hydrogen-bond donors (Lipinski definition) is 8. The number of nitrogens with one attached hydrogen (secondary N) is 3. The molecule has 36 heavy (non-hydrogen) atoms. The summed E-state index contributed by atoms with van der Waals surface area (Å²) in [6.07, 6.45) is -1.82. The fourth-order valence-corrected chi connectivity index (χ4v) is 3.23. The number of amides is 4. The highest BCUT2D eigenvalue weighted by molar-refractivity contribution is 5.94. The number of nitrogens with two attached hydrogens (primary N) is 2. The molecular weight excluding hydrogens is 474 g/mol. The number of rotatable bonds is 14. The van der Waals surface area contributed by atoms with Gasteiger partial charge in [0.15, 0.2) is 0 Å². The number of aliphatic hydroxyl groups is 1. The molecule has 0 aliphatic carbocycles. The molecule has 5 unspecified atom stereocenters. The molecule has 4 amide bonds. The molecule has 1 aromatic rings. The van der Waals surface area contributed by atoms with Gasteiger partial charge in [-0.1, -0.05) is 26.0 Å². The maximum absolute atomic E-state index is 12.9. The lowest BCUT2D eigenvalue weighted by molar-refractivity contribution is -0.144. The van der Waals surface area contributed by atoms with E-state index in [9.17, 15) is 39.3 Å². The molecule has 5 atom stereocenters. The summed E-state index contributed by atoms with van der Waals surface area (Å²) in [5.74, 6) is -5.03. The van der Waals surface area contributed by atoms with E-state index in [-0.39, 0.29) is 25.0 Å².